The van der Waals surface area contributed by atoms with E-state index in [1.54, 1.807) is 12.5 Å². The van der Waals surface area contributed by atoms with Gasteiger partial charge in [0.2, 0.25) is 5.82 Å². The van der Waals surface area contributed by atoms with E-state index in [-0.39, 0.29) is 19.2 Å². The van der Waals surface area contributed by atoms with Crippen molar-refractivity contribution < 1.29 is 11.3 Å². The van der Waals surface area contributed by atoms with E-state index in [9.17, 15) is 4.79 Å². The minimum absolute atomic E-state index is 0. The van der Waals surface area contributed by atoms with Gasteiger partial charge in [0, 0.05) is 44.7 Å². The first kappa shape index (κ1) is 17.5. The van der Waals surface area contributed by atoms with Gasteiger partial charge in [0.15, 0.2) is 0 Å². The topological polar surface area (TPSA) is 92.9 Å². The van der Waals surface area contributed by atoms with E-state index in [0.717, 1.165) is 38.5 Å². The molecule has 2 aliphatic rings. The van der Waals surface area contributed by atoms with Gasteiger partial charge in [0.1, 0.15) is 12.1 Å². The summed E-state index contributed by atoms with van der Waals surface area (Å²) in [7, 11) is 1.00. The van der Waals surface area contributed by atoms with Gasteiger partial charge >= 0.3 is 0 Å². The molecule has 2 aromatic rings. The Bertz CT molecular complexity index is 698. The van der Waals surface area contributed by atoms with E-state index < -0.39 is 0 Å². The molecule has 0 aliphatic heterocycles. The summed E-state index contributed by atoms with van der Waals surface area (Å²) in [6.07, 6.45) is 13.3. The van der Waals surface area contributed by atoms with E-state index in [1.807, 2.05) is 16.8 Å². The Labute approximate surface area is 149 Å². The number of hydrogen-bond acceptors (Lipinski definition) is 5. The zero-order chi connectivity index (χ0) is 17.6. The molecule has 0 spiro atoms. The summed E-state index contributed by atoms with van der Waals surface area (Å²) in [6, 6.07) is 2.23. The molecule has 2 heterocycles. The quantitative estimate of drug-likeness (QED) is 0.888. The smallest absolute Gasteiger partial charge is 0.289 e. The Kier molecular flexibility index (Phi) is 5.75. The number of nitrogens with zero attached hydrogens (tertiary/aromatic N) is 4. The molecular weight excluding hydrogens is 318 g/mol. The zero-order valence-electron chi connectivity index (χ0n) is 14.6. The average molecular weight is 345 g/mol. The van der Waals surface area contributed by atoms with E-state index >= 15 is 0 Å². The first-order chi connectivity index (χ1) is 12.3. The molecule has 1 amide bonds. The summed E-state index contributed by atoms with van der Waals surface area (Å²) >= 11 is 0. The molecule has 7 nitrogen and oxygen atoms in total. The SMILES string of the molecule is CO.O=C(NC1CCCCC1)c1nc(C2CC2)cc(-n2ccnc2)n1.[HH]. The van der Waals surface area contributed by atoms with Gasteiger partial charge in [-0.05, 0) is 25.7 Å². The Morgan fingerprint density at radius 3 is 2.60 bits per heavy atom. The molecule has 136 valence electrons. The lowest BCUT2D eigenvalue weighted by molar-refractivity contribution is 0.0916. The summed E-state index contributed by atoms with van der Waals surface area (Å²) in [5, 5.41) is 10.1. The van der Waals surface area contributed by atoms with E-state index in [4.69, 9.17) is 5.11 Å². The highest BCUT2D eigenvalue weighted by Gasteiger charge is 2.28. The highest BCUT2D eigenvalue weighted by Crippen LogP contribution is 2.39. The standard InChI is InChI=1S/C17H21N5O.CH4O.H2/c23-17(19-13-4-2-1-3-5-13)16-20-14(12-6-7-12)10-15(21-16)22-9-8-18-11-22;1-2;/h8-13H,1-7H2,(H,19,23);2H,1H3;1H. The highest BCUT2D eigenvalue weighted by atomic mass is 16.2. The number of carbonyl (C=O) groups is 1. The fraction of sp³-hybridized carbons (Fsp3) is 0.556. The molecule has 0 unspecified atom stereocenters. The van der Waals surface area contributed by atoms with Crippen LogP contribution in [0.2, 0.25) is 0 Å². The van der Waals surface area contributed by atoms with Crippen LogP contribution in [0, 0.1) is 0 Å². The summed E-state index contributed by atoms with van der Waals surface area (Å²) in [5.41, 5.74) is 0.970. The van der Waals surface area contributed by atoms with Crippen LogP contribution >= 0.6 is 0 Å². The maximum absolute atomic E-state index is 12.6. The first-order valence-electron chi connectivity index (χ1n) is 8.92. The monoisotopic (exact) mass is 345 g/mol. The first-order valence-corrected chi connectivity index (χ1v) is 8.92. The summed E-state index contributed by atoms with van der Waals surface area (Å²) in [6.45, 7) is 0. The Hall–Kier alpha value is -2.28. The van der Waals surface area contributed by atoms with Crippen molar-refractivity contribution in [3.8, 4) is 5.82 Å². The van der Waals surface area contributed by atoms with Crippen molar-refractivity contribution in [3.63, 3.8) is 0 Å². The van der Waals surface area contributed by atoms with E-state index in [2.05, 4.69) is 20.3 Å². The number of nitrogens with one attached hydrogen (secondary N) is 1. The number of amides is 1. The van der Waals surface area contributed by atoms with Gasteiger partial charge in [-0.15, -0.1) is 0 Å². The van der Waals surface area contributed by atoms with Crippen molar-refractivity contribution in [1.29, 1.82) is 0 Å². The third-order valence-electron chi connectivity index (χ3n) is 4.64. The molecular formula is C18H27N5O2. The van der Waals surface area contributed by atoms with Gasteiger partial charge in [-0.2, -0.15) is 0 Å². The van der Waals surface area contributed by atoms with Crippen LogP contribution in [0.1, 0.15) is 68.6 Å². The van der Waals surface area contributed by atoms with Crippen molar-refractivity contribution in [2.24, 2.45) is 0 Å². The van der Waals surface area contributed by atoms with Crippen molar-refractivity contribution in [2.75, 3.05) is 7.11 Å². The summed E-state index contributed by atoms with van der Waals surface area (Å²) < 4.78 is 1.82. The highest BCUT2D eigenvalue weighted by molar-refractivity contribution is 5.90. The van der Waals surface area contributed by atoms with Crippen molar-refractivity contribution in [1.82, 2.24) is 24.8 Å². The van der Waals surface area contributed by atoms with Gasteiger partial charge in [-0.1, -0.05) is 19.3 Å². The number of aromatic nitrogens is 4. The molecule has 2 fully saturated rings. The molecule has 2 aromatic heterocycles. The van der Waals surface area contributed by atoms with Crippen LogP contribution in [-0.4, -0.2) is 43.7 Å². The number of imidazole rings is 1. The molecule has 0 atom stereocenters. The fourth-order valence-corrected chi connectivity index (χ4v) is 3.17. The Balaban J connectivity index is 0.000000784. The molecule has 25 heavy (non-hydrogen) atoms. The van der Waals surface area contributed by atoms with Crippen LogP contribution in [0.15, 0.2) is 24.8 Å². The fourth-order valence-electron chi connectivity index (χ4n) is 3.17. The van der Waals surface area contributed by atoms with Gasteiger partial charge in [0.05, 0.1) is 0 Å². The lowest BCUT2D eigenvalue weighted by atomic mass is 9.95. The number of hydrogen-bond donors (Lipinski definition) is 2. The van der Waals surface area contributed by atoms with Crippen LogP contribution < -0.4 is 5.32 Å². The number of carbonyl (C=O) groups excluding carboxylic acids is 1. The summed E-state index contributed by atoms with van der Waals surface area (Å²) in [5.74, 6) is 1.32. The third-order valence-corrected chi connectivity index (χ3v) is 4.64. The second kappa shape index (κ2) is 8.20. The minimum atomic E-state index is -0.152. The normalized spacial score (nSPS) is 17.5. The number of aliphatic hydroxyl groups excluding tert-OH is 1. The number of aliphatic hydroxyl groups is 1. The maximum atomic E-state index is 12.6. The van der Waals surface area contributed by atoms with Gasteiger partial charge in [-0.3, -0.25) is 9.36 Å². The van der Waals surface area contributed by atoms with E-state index in [0.29, 0.717) is 11.7 Å². The molecule has 0 bridgehead atoms. The predicted octanol–water partition coefficient (Wildman–Crippen LogP) is 2.46. The second-order valence-corrected chi connectivity index (χ2v) is 6.53. The molecule has 2 N–H and O–H groups in total. The molecule has 4 rings (SSSR count). The Morgan fingerprint density at radius 2 is 1.96 bits per heavy atom. The van der Waals surface area contributed by atoms with Crippen LogP contribution in [0.5, 0.6) is 0 Å². The zero-order valence-corrected chi connectivity index (χ0v) is 14.6. The predicted molar refractivity (Wildman–Crippen MR) is 95.7 cm³/mol. The molecule has 0 radical (unpaired) electrons. The van der Waals surface area contributed by atoms with Gasteiger partial charge < -0.3 is 10.4 Å². The average Bonchev–Trinajstić information content (AvgIpc) is 3.38. The molecule has 2 saturated carbocycles. The van der Waals surface area contributed by atoms with Crippen molar-refractivity contribution in [3.05, 3.63) is 36.3 Å². The van der Waals surface area contributed by atoms with Crippen LogP contribution in [0.4, 0.5) is 0 Å². The van der Waals surface area contributed by atoms with Gasteiger partial charge in [0.25, 0.3) is 5.91 Å². The molecule has 0 saturated heterocycles. The molecule has 0 aromatic carbocycles. The van der Waals surface area contributed by atoms with Crippen molar-refractivity contribution >= 4 is 5.91 Å². The van der Waals surface area contributed by atoms with Crippen LogP contribution in [0.25, 0.3) is 5.82 Å². The maximum Gasteiger partial charge on any atom is 0.289 e. The van der Waals surface area contributed by atoms with Gasteiger partial charge in [-0.25, -0.2) is 15.0 Å². The summed E-state index contributed by atoms with van der Waals surface area (Å²) in [4.78, 5) is 25.6. The largest absolute Gasteiger partial charge is 0.400 e. The molecule has 2 aliphatic carbocycles. The second-order valence-electron chi connectivity index (χ2n) is 6.53. The number of rotatable bonds is 4. The third kappa shape index (κ3) is 4.42. The molecule has 7 heteroatoms. The van der Waals surface area contributed by atoms with E-state index in [1.165, 1.54) is 19.3 Å². The van der Waals surface area contributed by atoms with Crippen molar-refractivity contribution in [2.45, 2.75) is 56.9 Å². The van der Waals surface area contributed by atoms with Crippen LogP contribution in [-0.2, 0) is 0 Å². The van der Waals surface area contributed by atoms with Crippen LogP contribution in [0.3, 0.4) is 0 Å². The Morgan fingerprint density at radius 1 is 1.20 bits per heavy atom. The minimum Gasteiger partial charge on any atom is -0.400 e. The lowest BCUT2D eigenvalue weighted by Gasteiger charge is -2.22. The lowest BCUT2D eigenvalue weighted by Crippen LogP contribution is -2.37.